The Balaban J connectivity index is 2.94. The number of methoxy groups -OCH3 is 2. The summed E-state index contributed by atoms with van der Waals surface area (Å²) >= 11 is 0. The number of hydrogen-bond donors (Lipinski definition) is 1. The zero-order valence-corrected chi connectivity index (χ0v) is 11.9. The van der Waals surface area contributed by atoms with Gasteiger partial charge in [0, 0.05) is 32.3 Å². The fraction of sp³-hybridized carbons (Fsp3) is 0.538. The molecule has 0 saturated carbocycles. The highest BCUT2D eigenvalue weighted by Gasteiger charge is 2.12. The fourth-order valence-corrected chi connectivity index (χ4v) is 1.69. The Morgan fingerprint density at radius 1 is 1.00 bits per heavy atom. The Morgan fingerprint density at radius 2 is 1.56 bits per heavy atom. The molecule has 1 aromatic carbocycles. The topological polar surface area (TPSA) is 51.0 Å². The number of likely N-dealkylation sites (N-methyl/N-ethyl adjacent to an activating group) is 2. The van der Waals surface area contributed by atoms with Crippen molar-refractivity contribution in [2.24, 2.45) is 0 Å². The predicted octanol–water partition coefficient (Wildman–Crippen LogP) is 1.28. The van der Waals surface area contributed by atoms with Crippen LogP contribution >= 0.6 is 0 Å². The van der Waals surface area contributed by atoms with Gasteiger partial charge in [0.05, 0.1) is 25.6 Å². The average Bonchev–Trinajstić information content (AvgIpc) is 2.35. The zero-order chi connectivity index (χ0) is 13.7. The Bertz CT molecular complexity index is 394. The second-order valence-corrected chi connectivity index (χ2v) is 4.49. The van der Waals surface area contributed by atoms with E-state index in [9.17, 15) is 0 Å². The molecule has 0 atom stereocenters. The summed E-state index contributed by atoms with van der Waals surface area (Å²) in [7, 11) is 9.34. The third-order valence-electron chi connectivity index (χ3n) is 2.83. The van der Waals surface area contributed by atoms with Crippen molar-refractivity contribution in [3.05, 3.63) is 12.1 Å². The molecule has 0 aliphatic carbocycles. The summed E-state index contributed by atoms with van der Waals surface area (Å²) in [6.45, 7) is 1.86. The Hall–Kier alpha value is -1.62. The number of nitrogen functional groups attached to an aromatic ring is 1. The molecule has 0 aliphatic rings. The first-order chi connectivity index (χ1) is 8.49. The second kappa shape index (κ2) is 6.35. The summed E-state index contributed by atoms with van der Waals surface area (Å²) in [6, 6.07) is 3.70. The highest BCUT2D eigenvalue weighted by molar-refractivity contribution is 5.72. The van der Waals surface area contributed by atoms with Gasteiger partial charge in [-0.25, -0.2) is 0 Å². The van der Waals surface area contributed by atoms with E-state index < -0.39 is 0 Å². The maximum absolute atomic E-state index is 6.04. The first kappa shape index (κ1) is 14.4. The standard InChI is InChI=1S/C13H23N3O2/c1-15(2)6-7-16(3)11-9-13(18-5)12(17-4)8-10(11)14/h8-9H,6-7,14H2,1-5H3. The number of nitrogens with two attached hydrogens (primary N) is 1. The summed E-state index contributed by atoms with van der Waals surface area (Å²) in [5, 5.41) is 0. The molecule has 1 rings (SSSR count). The molecule has 0 aliphatic heterocycles. The van der Waals surface area contributed by atoms with E-state index in [1.54, 1.807) is 20.3 Å². The van der Waals surface area contributed by atoms with Gasteiger partial charge >= 0.3 is 0 Å². The molecule has 5 heteroatoms. The molecule has 0 saturated heterocycles. The highest BCUT2D eigenvalue weighted by atomic mass is 16.5. The van der Waals surface area contributed by atoms with Gasteiger partial charge in [-0.3, -0.25) is 0 Å². The van der Waals surface area contributed by atoms with Crippen molar-refractivity contribution in [2.75, 3.05) is 59.1 Å². The number of hydrogen-bond acceptors (Lipinski definition) is 5. The minimum atomic E-state index is 0.653. The minimum absolute atomic E-state index is 0.653. The first-order valence-corrected chi connectivity index (χ1v) is 5.87. The Morgan fingerprint density at radius 3 is 2.06 bits per heavy atom. The normalized spacial score (nSPS) is 10.6. The molecule has 5 nitrogen and oxygen atoms in total. The molecule has 0 spiro atoms. The highest BCUT2D eigenvalue weighted by Crippen LogP contribution is 2.36. The van der Waals surface area contributed by atoms with Crippen LogP contribution in [0.4, 0.5) is 11.4 Å². The molecule has 0 radical (unpaired) electrons. The molecular formula is C13H23N3O2. The second-order valence-electron chi connectivity index (χ2n) is 4.49. The molecular weight excluding hydrogens is 230 g/mol. The van der Waals surface area contributed by atoms with Crippen LogP contribution < -0.4 is 20.1 Å². The van der Waals surface area contributed by atoms with Crippen molar-refractivity contribution in [1.82, 2.24) is 4.90 Å². The van der Waals surface area contributed by atoms with Gasteiger partial charge in [0.15, 0.2) is 11.5 Å². The Kier molecular flexibility index (Phi) is 5.09. The monoisotopic (exact) mass is 253 g/mol. The molecule has 0 aromatic heterocycles. The predicted molar refractivity (Wildman–Crippen MR) is 75.8 cm³/mol. The number of rotatable bonds is 6. The van der Waals surface area contributed by atoms with E-state index in [0.717, 1.165) is 18.8 Å². The van der Waals surface area contributed by atoms with Gasteiger partial charge in [-0.15, -0.1) is 0 Å². The van der Waals surface area contributed by atoms with Crippen molar-refractivity contribution >= 4 is 11.4 Å². The van der Waals surface area contributed by atoms with E-state index in [2.05, 4.69) is 9.80 Å². The lowest BCUT2D eigenvalue weighted by molar-refractivity contribution is 0.355. The van der Waals surface area contributed by atoms with Gasteiger partial charge in [0.25, 0.3) is 0 Å². The minimum Gasteiger partial charge on any atom is -0.493 e. The van der Waals surface area contributed by atoms with Gasteiger partial charge in [0.2, 0.25) is 0 Å². The zero-order valence-electron chi connectivity index (χ0n) is 11.9. The molecule has 18 heavy (non-hydrogen) atoms. The van der Waals surface area contributed by atoms with Crippen LogP contribution in [-0.2, 0) is 0 Å². The van der Waals surface area contributed by atoms with E-state index in [1.165, 1.54) is 0 Å². The molecule has 0 bridgehead atoms. The van der Waals surface area contributed by atoms with Crippen molar-refractivity contribution in [3.63, 3.8) is 0 Å². The third kappa shape index (κ3) is 3.43. The molecule has 0 unspecified atom stereocenters. The first-order valence-electron chi connectivity index (χ1n) is 5.87. The van der Waals surface area contributed by atoms with Crippen LogP contribution in [0.1, 0.15) is 0 Å². The molecule has 102 valence electrons. The molecule has 0 heterocycles. The van der Waals surface area contributed by atoms with Gasteiger partial charge in [0.1, 0.15) is 0 Å². The number of benzene rings is 1. The van der Waals surface area contributed by atoms with Crippen LogP contribution in [0.2, 0.25) is 0 Å². The summed E-state index contributed by atoms with van der Waals surface area (Å²) in [4.78, 5) is 4.24. The third-order valence-corrected chi connectivity index (χ3v) is 2.83. The average molecular weight is 253 g/mol. The molecule has 0 fully saturated rings. The van der Waals surface area contributed by atoms with Gasteiger partial charge in [-0.2, -0.15) is 0 Å². The lowest BCUT2D eigenvalue weighted by Gasteiger charge is -2.24. The number of ether oxygens (including phenoxy) is 2. The summed E-state index contributed by atoms with van der Waals surface area (Å²) in [5.41, 5.74) is 7.68. The number of nitrogens with zero attached hydrogens (tertiary/aromatic N) is 2. The molecule has 2 N–H and O–H groups in total. The Labute approximate surface area is 109 Å². The van der Waals surface area contributed by atoms with Crippen molar-refractivity contribution in [2.45, 2.75) is 0 Å². The molecule has 0 amide bonds. The van der Waals surface area contributed by atoms with E-state index >= 15 is 0 Å². The van der Waals surface area contributed by atoms with Gasteiger partial charge < -0.3 is 25.0 Å². The van der Waals surface area contributed by atoms with E-state index in [-0.39, 0.29) is 0 Å². The van der Waals surface area contributed by atoms with Gasteiger partial charge in [-0.1, -0.05) is 0 Å². The summed E-state index contributed by atoms with van der Waals surface area (Å²) in [6.07, 6.45) is 0. The van der Waals surface area contributed by atoms with Crippen LogP contribution in [0.15, 0.2) is 12.1 Å². The number of anilines is 2. The van der Waals surface area contributed by atoms with E-state index in [1.807, 2.05) is 27.2 Å². The van der Waals surface area contributed by atoms with Crippen molar-refractivity contribution < 1.29 is 9.47 Å². The molecule has 1 aromatic rings. The smallest absolute Gasteiger partial charge is 0.162 e. The lowest BCUT2D eigenvalue weighted by Crippen LogP contribution is -2.29. The largest absolute Gasteiger partial charge is 0.493 e. The fourth-order valence-electron chi connectivity index (χ4n) is 1.69. The van der Waals surface area contributed by atoms with E-state index in [4.69, 9.17) is 15.2 Å². The van der Waals surface area contributed by atoms with Crippen LogP contribution in [0, 0.1) is 0 Å². The maximum atomic E-state index is 6.04. The lowest BCUT2D eigenvalue weighted by atomic mass is 10.2. The van der Waals surface area contributed by atoms with Crippen LogP contribution in [0.5, 0.6) is 11.5 Å². The maximum Gasteiger partial charge on any atom is 0.162 e. The summed E-state index contributed by atoms with van der Waals surface area (Å²) < 4.78 is 10.5. The summed E-state index contributed by atoms with van der Waals surface area (Å²) in [5.74, 6) is 1.35. The van der Waals surface area contributed by atoms with Crippen LogP contribution in [-0.4, -0.2) is 53.4 Å². The van der Waals surface area contributed by atoms with Crippen molar-refractivity contribution in [3.8, 4) is 11.5 Å². The quantitative estimate of drug-likeness (QED) is 0.774. The van der Waals surface area contributed by atoms with Crippen molar-refractivity contribution in [1.29, 1.82) is 0 Å². The van der Waals surface area contributed by atoms with Gasteiger partial charge in [-0.05, 0) is 14.1 Å². The SMILES string of the molecule is COc1cc(N)c(N(C)CCN(C)C)cc1OC. The van der Waals surface area contributed by atoms with Crippen LogP contribution in [0.25, 0.3) is 0 Å². The van der Waals surface area contributed by atoms with E-state index in [0.29, 0.717) is 17.2 Å². The van der Waals surface area contributed by atoms with Crippen LogP contribution in [0.3, 0.4) is 0 Å².